The Morgan fingerprint density at radius 1 is 1.24 bits per heavy atom. The van der Waals surface area contributed by atoms with Crippen LogP contribution < -0.4 is 4.90 Å². The lowest BCUT2D eigenvalue weighted by Gasteiger charge is -2.17. The van der Waals surface area contributed by atoms with E-state index in [0.717, 1.165) is 36.5 Å². The summed E-state index contributed by atoms with van der Waals surface area (Å²) >= 11 is 1.41. The van der Waals surface area contributed by atoms with Gasteiger partial charge in [0.1, 0.15) is 0 Å². The molecule has 1 aliphatic rings. The van der Waals surface area contributed by atoms with Crippen molar-refractivity contribution < 1.29 is 4.79 Å². The Labute approximate surface area is 174 Å². The fourth-order valence-corrected chi connectivity index (χ4v) is 4.37. The fourth-order valence-electron chi connectivity index (χ4n) is 3.54. The van der Waals surface area contributed by atoms with Crippen molar-refractivity contribution in [2.24, 2.45) is 0 Å². The minimum atomic E-state index is 0.0941. The Morgan fingerprint density at radius 2 is 2.07 bits per heavy atom. The van der Waals surface area contributed by atoms with Crippen molar-refractivity contribution in [3.05, 3.63) is 66.5 Å². The SMILES string of the molecule is C=CCn1c(SCC(=O)N2CCc3cc(CC)ccc32)nnc1-c1ccncc1. The van der Waals surface area contributed by atoms with Crippen LogP contribution in [0.5, 0.6) is 0 Å². The standard InChI is InChI=1S/C22H23N5OS/c1-3-12-27-21(17-7-10-23-11-8-17)24-25-22(27)29-15-20(28)26-13-9-18-14-16(4-2)5-6-19(18)26/h3,5-8,10-11,14H,1,4,9,12-13,15H2,2H3. The molecule has 0 spiro atoms. The molecule has 7 heteroatoms. The highest BCUT2D eigenvalue weighted by Gasteiger charge is 2.25. The van der Waals surface area contributed by atoms with Crippen molar-refractivity contribution in [3.8, 4) is 11.4 Å². The number of allylic oxidation sites excluding steroid dienone is 1. The van der Waals surface area contributed by atoms with Crippen LogP contribution in [0.15, 0.2) is 60.5 Å². The van der Waals surface area contributed by atoms with Gasteiger partial charge in [0.05, 0.1) is 5.75 Å². The summed E-state index contributed by atoms with van der Waals surface area (Å²) in [4.78, 5) is 18.8. The highest BCUT2D eigenvalue weighted by molar-refractivity contribution is 7.99. The first-order valence-corrected chi connectivity index (χ1v) is 10.7. The molecule has 0 saturated heterocycles. The molecule has 29 heavy (non-hydrogen) atoms. The average Bonchev–Trinajstić information content (AvgIpc) is 3.36. The van der Waals surface area contributed by atoms with E-state index in [1.165, 1.54) is 22.9 Å². The average molecular weight is 406 g/mol. The lowest BCUT2D eigenvalue weighted by atomic mass is 10.1. The van der Waals surface area contributed by atoms with Gasteiger partial charge in [-0.3, -0.25) is 14.3 Å². The lowest BCUT2D eigenvalue weighted by Crippen LogP contribution is -2.30. The maximum absolute atomic E-state index is 12.9. The van der Waals surface area contributed by atoms with E-state index >= 15 is 0 Å². The lowest BCUT2D eigenvalue weighted by molar-refractivity contribution is -0.116. The molecular weight excluding hydrogens is 382 g/mol. The molecule has 0 bridgehead atoms. The molecule has 1 amide bonds. The Morgan fingerprint density at radius 3 is 2.83 bits per heavy atom. The third-order valence-corrected chi connectivity index (χ3v) is 5.99. The van der Waals surface area contributed by atoms with Crippen LogP contribution in [0, 0.1) is 0 Å². The van der Waals surface area contributed by atoms with Crippen LogP contribution in [-0.4, -0.2) is 38.0 Å². The number of benzene rings is 1. The molecule has 0 N–H and O–H groups in total. The topological polar surface area (TPSA) is 63.9 Å². The number of carbonyl (C=O) groups is 1. The first-order chi connectivity index (χ1) is 14.2. The molecule has 0 unspecified atom stereocenters. The molecule has 0 radical (unpaired) electrons. The second-order valence-electron chi connectivity index (χ2n) is 6.84. The van der Waals surface area contributed by atoms with Crippen LogP contribution >= 0.6 is 11.8 Å². The van der Waals surface area contributed by atoms with Gasteiger partial charge in [-0.15, -0.1) is 16.8 Å². The zero-order valence-electron chi connectivity index (χ0n) is 16.4. The zero-order chi connectivity index (χ0) is 20.2. The van der Waals surface area contributed by atoms with Crippen molar-refractivity contribution in [3.63, 3.8) is 0 Å². The summed E-state index contributed by atoms with van der Waals surface area (Å²) in [6.45, 7) is 7.30. The van der Waals surface area contributed by atoms with Gasteiger partial charge in [0.25, 0.3) is 0 Å². The zero-order valence-corrected chi connectivity index (χ0v) is 17.2. The molecule has 1 aromatic carbocycles. The molecule has 4 rings (SSSR count). The van der Waals surface area contributed by atoms with Crippen molar-refractivity contribution in [1.82, 2.24) is 19.7 Å². The maximum Gasteiger partial charge on any atom is 0.237 e. The summed E-state index contributed by atoms with van der Waals surface area (Å²) in [5.41, 5.74) is 4.55. The number of nitrogens with zero attached hydrogens (tertiary/aromatic N) is 5. The van der Waals surface area contributed by atoms with Crippen molar-refractivity contribution in [1.29, 1.82) is 0 Å². The molecule has 148 valence electrons. The summed E-state index contributed by atoms with van der Waals surface area (Å²) in [7, 11) is 0. The minimum Gasteiger partial charge on any atom is -0.311 e. The van der Waals surface area contributed by atoms with E-state index < -0.39 is 0 Å². The van der Waals surface area contributed by atoms with Crippen LogP contribution in [-0.2, 0) is 24.2 Å². The predicted molar refractivity (Wildman–Crippen MR) is 116 cm³/mol. The van der Waals surface area contributed by atoms with Crippen LogP contribution in [0.25, 0.3) is 11.4 Å². The second-order valence-corrected chi connectivity index (χ2v) is 7.78. The van der Waals surface area contributed by atoms with E-state index in [2.05, 4.69) is 46.9 Å². The number of hydrogen-bond acceptors (Lipinski definition) is 5. The number of carbonyl (C=O) groups excluding carboxylic acids is 1. The summed E-state index contributed by atoms with van der Waals surface area (Å²) in [5, 5.41) is 9.35. The summed E-state index contributed by atoms with van der Waals surface area (Å²) in [5.74, 6) is 1.16. The van der Waals surface area contributed by atoms with Crippen molar-refractivity contribution >= 4 is 23.4 Å². The number of hydrogen-bond donors (Lipinski definition) is 0. The van der Waals surface area contributed by atoms with Crippen LogP contribution in [0.2, 0.25) is 0 Å². The largest absolute Gasteiger partial charge is 0.311 e. The molecule has 3 heterocycles. The van der Waals surface area contributed by atoms with Crippen LogP contribution in [0.3, 0.4) is 0 Å². The Hall–Kier alpha value is -2.93. The summed E-state index contributed by atoms with van der Waals surface area (Å²) < 4.78 is 1.98. The number of aromatic nitrogens is 4. The molecule has 3 aromatic rings. The van der Waals surface area contributed by atoms with E-state index in [4.69, 9.17) is 0 Å². The summed E-state index contributed by atoms with van der Waals surface area (Å²) in [6, 6.07) is 10.2. The van der Waals surface area contributed by atoms with Crippen LogP contribution in [0.1, 0.15) is 18.1 Å². The first kappa shape index (κ1) is 19.4. The van der Waals surface area contributed by atoms with Crippen molar-refractivity contribution in [2.75, 3.05) is 17.2 Å². The number of pyridine rings is 1. The van der Waals surface area contributed by atoms with Gasteiger partial charge in [-0.2, -0.15) is 0 Å². The van der Waals surface area contributed by atoms with Gasteiger partial charge in [-0.05, 0) is 42.2 Å². The van der Waals surface area contributed by atoms with Gasteiger partial charge in [-0.1, -0.05) is 36.9 Å². The summed E-state index contributed by atoms with van der Waals surface area (Å²) in [6.07, 6.45) is 7.19. The molecule has 0 fully saturated rings. The van der Waals surface area contributed by atoms with Gasteiger partial charge < -0.3 is 4.90 Å². The van der Waals surface area contributed by atoms with Gasteiger partial charge in [0, 0.05) is 36.7 Å². The first-order valence-electron chi connectivity index (χ1n) is 9.70. The van der Waals surface area contributed by atoms with E-state index in [1.807, 2.05) is 27.7 Å². The third kappa shape index (κ3) is 3.96. The molecule has 0 saturated carbocycles. The van der Waals surface area contributed by atoms with Gasteiger partial charge in [-0.25, -0.2) is 0 Å². The monoisotopic (exact) mass is 405 g/mol. The Bertz CT molecular complexity index is 1030. The quantitative estimate of drug-likeness (QED) is 0.442. The Balaban J connectivity index is 1.49. The maximum atomic E-state index is 12.9. The van der Waals surface area contributed by atoms with Gasteiger partial charge in [0.15, 0.2) is 11.0 Å². The molecule has 0 atom stereocenters. The highest BCUT2D eigenvalue weighted by atomic mass is 32.2. The van der Waals surface area contributed by atoms with E-state index in [9.17, 15) is 4.79 Å². The second kappa shape index (κ2) is 8.61. The number of rotatable bonds is 7. The number of amides is 1. The predicted octanol–water partition coefficient (Wildman–Crippen LogP) is 3.77. The van der Waals surface area contributed by atoms with E-state index in [1.54, 1.807) is 12.4 Å². The molecule has 0 aliphatic carbocycles. The highest BCUT2D eigenvalue weighted by Crippen LogP contribution is 2.30. The van der Waals surface area contributed by atoms with E-state index in [0.29, 0.717) is 17.5 Å². The minimum absolute atomic E-state index is 0.0941. The number of thioether (sulfide) groups is 1. The smallest absolute Gasteiger partial charge is 0.237 e. The molecule has 6 nitrogen and oxygen atoms in total. The van der Waals surface area contributed by atoms with Crippen molar-refractivity contribution in [2.45, 2.75) is 31.5 Å². The number of anilines is 1. The van der Waals surface area contributed by atoms with Gasteiger partial charge in [0.2, 0.25) is 5.91 Å². The molecule has 1 aliphatic heterocycles. The molecule has 2 aromatic heterocycles. The number of aryl methyl sites for hydroxylation is 1. The van der Waals surface area contributed by atoms with E-state index in [-0.39, 0.29) is 5.91 Å². The Kier molecular flexibility index (Phi) is 5.76. The van der Waals surface area contributed by atoms with Gasteiger partial charge >= 0.3 is 0 Å². The third-order valence-electron chi connectivity index (χ3n) is 5.04. The molecular formula is C22H23N5OS. The fraction of sp³-hybridized carbons (Fsp3) is 0.273. The number of fused-ring (bicyclic) bond motifs is 1. The normalized spacial score (nSPS) is 12.8. The van der Waals surface area contributed by atoms with Crippen LogP contribution in [0.4, 0.5) is 5.69 Å².